The van der Waals surface area contributed by atoms with Crippen LogP contribution in [-0.4, -0.2) is 82.1 Å². The average molecular weight is 689 g/mol. The van der Waals surface area contributed by atoms with Gasteiger partial charge in [0.1, 0.15) is 17.9 Å². The van der Waals surface area contributed by atoms with Gasteiger partial charge in [-0.05, 0) is 77.5 Å². The molecule has 5 rings (SSSR count). The summed E-state index contributed by atoms with van der Waals surface area (Å²) in [6.07, 6.45) is -4.34. The largest absolute Gasteiger partial charge is 0.459 e. The van der Waals surface area contributed by atoms with Crippen LogP contribution in [0.15, 0.2) is 24.3 Å². The van der Waals surface area contributed by atoms with Crippen LogP contribution >= 0.6 is 0 Å². The zero-order valence-electron chi connectivity index (χ0n) is 29.4. The van der Waals surface area contributed by atoms with Gasteiger partial charge in [0.15, 0.2) is 11.5 Å². The molecule has 2 fully saturated rings. The molecule has 0 saturated carbocycles. The molecule has 0 aliphatic carbocycles. The standard InChI is InChI=1S/C35H47F3N6O5/c1-22(45)48-21-27-28(44-31(39-27)26(40-33(2,3)4)20-29(41-44)42-15-17-47-18-16-42)19-24-9-8-10-25(35(36,37)38)30(24)23-11-13-43(14-12-23)32(46)49-34(5,6)7/h8-10,20,23,40H,11-19,21H2,1-7H3. The number of ether oxygens (including phenoxy) is 3. The van der Waals surface area contributed by atoms with Crippen LogP contribution in [0.4, 0.5) is 29.5 Å². The molecule has 2 aromatic heterocycles. The lowest BCUT2D eigenvalue weighted by atomic mass is 9.82. The predicted octanol–water partition coefficient (Wildman–Crippen LogP) is 6.56. The topological polar surface area (TPSA) is 111 Å². The highest BCUT2D eigenvalue weighted by Gasteiger charge is 2.38. The van der Waals surface area contributed by atoms with Gasteiger partial charge in [-0.2, -0.15) is 13.2 Å². The highest BCUT2D eigenvalue weighted by molar-refractivity contribution is 5.73. The summed E-state index contributed by atoms with van der Waals surface area (Å²) in [7, 11) is 0. The molecular weight excluding hydrogens is 641 g/mol. The number of nitrogens with one attached hydrogen (secondary N) is 1. The molecule has 0 atom stereocenters. The third-order valence-electron chi connectivity index (χ3n) is 8.42. The van der Waals surface area contributed by atoms with Gasteiger partial charge in [-0.3, -0.25) is 4.79 Å². The van der Waals surface area contributed by atoms with Gasteiger partial charge in [-0.25, -0.2) is 14.3 Å². The minimum atomic E-state index is -4.60. The number of hydrogen-bond acceptors (Lipinski definition) is 9. The van der Waals surface area contributed by atoms with Crippen molar-refractivity contribution < 1.29 is 37.0 Å². The van der Waals surface area contributed by atoms with Crippen molar-refractivity contribution in [3.63, 3.8) is 0 Å². The average Bonchev–Trinajstić information content (AvgIpc) is 3.35. The first-order valence-corrected chi connectivity index (χ1v) is 16.7. The van der Waals surface area contributed by atoms with Crippen LogP contribution in [0.2, 0.25) is 0 Å². The number of likely N-dealkylation sites (tertiary alicyclic amines) is 1. The van der Waals surface area contributed by atoms with Crippen molar-refractivity contribution in [1.29, 1.82) is 0 Å². The number of alkyl halides is 3. The maximum atomic E-state index is 14.7. The smallest absolute Gasteiger partial charge is 0.416 e. The van der Waals surface area contributed by atoms with Crippen LogP contribution in [0.1, 0.15) is 95.3 Å². The molecule has 49 heavy (non-hydrogen) atoms. The van der Waals surface area contributed by atoms with E-state index < -0.39 is 35.3 Å². The second-order valence-corrected chi connectivity index (χ2v) is 14.7. The summed E-state index contributed by atoms with van der Waals surface area (Å²) < 4.78 is 62.1. The summed E-state index contributed by atoms with van der Waals surface area (Å²) in [5.41, 5.74) is 1.03. The number of esters is 1. The van der Waals surface area contributed by atoms with E-state index in [2.05, 4.69) is 10.2 Å². The molecule has 0 unspecified atom stereocenters. The molecule has 2 aliphatic rings. The Morgan fingerprint density at radius 1 is 1.02 bits per heavy atom. The highest BCUT2D eigenvalue weighted by atomic mass is 19.4. The third-order valence-corrected chi connectivity index (χ3v) is 8.42. The molecular formula is C35H47F3N6O5. The van der Waals surface area contributed by atoms with Crippen molar-refractivity contribution in [3.05, 3.63) is 52.3 Å². The third kappa shape index (κ3) is 8.94. The van der Waals surface area contributed by atoms with Crippen molar-refractivity contribution in [1.82, 2.24) is 19.5 Å². The number of benzene rings is 1. The Hall–Kier alpha value is -4.07. The van der Waals surface area contributed by atoms with E-state index in [0.717, 1.165) is 6.07 Å². The van der Waals surface area contributed by atoms with Crippen molar-refractivity contribution in [2.75, 3.05) is 49.6 Å². The van der Waals surface area contributed by atoms with E-state index in [1.807, 2.05) is 26.8 Å². The molecule has 14 heteroatoms. The minimum Gasteiger partial charge on any atom is -0.459 e. The van der Waals surface area contributed by atoms with Crippen LogP contribution in [-0.2, 0) is 38.2 Å². The molecule has 0 bridgehead atoms. The Morgan fingerprint density at radius 3 is 2.29 bits per heavy atom. The Bertz CT molecular complexity index is 1660. The number of anilines is 2. The summed E-state index contributed by atoms with van der Waals surface area (Å²) in [4.78, 5) is 33.2. The molecule has 1 aromatic carbocycles. The van der Waals surface area contributed by atoms with Crippen molar-refractivity contribution in [2.45, 2.75) is 97.6 Å². The maximum absolute atomic E-state index is 14.7. The number of hydrogen-bond donors (Lipinski definition) is 1. The summed E-state index contributed by atoms with van der Waals surface area (Å²) >= 11 is 0. The summed E-state index contributed by atoms with van der Waals surface area (Å²) in [6.45, 7) is 15.4. The zero-order valence-corrected chi connectivity index (χ0v) is 29.4. The number of halogens is 3. The van der Waals surface area contributed by atoms with Crippen molar-refractivity contribution in [2.24, 2.45) is 0 Å². The SMILES string of the molecule is CC(=O)OCc1nc2c(NC(C)(C)C)cc(N3CCOCC3)nn2c1Cc1cccc(C(F)(F)F)c1C1CCN(C(=O)OC(C)(C)C)CC1. The van der Waals surface area contributed by atoms with E-state index in [9.17, 15) is 22.8 Å². The highest BCUT2D eigenvalue weighted by Crippen LogP contribution is 2.42. The number of fused-ring (bicyclic) bond motifs is 1. The number of carbonyl (C=O) groups excluding carboxylic acids is 2. The van der Waals surface area contributed by atoms with Gasteiger partial charge in [-0.1, -0.05) is 12.1 Å². The first-order valence-electron chi connectivity index (χ1n) is 16.7. The van der Waals surface area contributed by atoms with E-state index in [4.69, 9.17) is 24.3 Å². The minimum absolute atomic E-state index is 0.0534. The molecule has 0 radical (unpaired) electrons. The number of morpholine rings is 1. The molecule has 1 amide bonds. The lowest BCUT2D eigenvalue weighted by Crippen LogP contribution is -2.41. The van der Waals surface area contributed by atoms with E-state index >= 15 is 0 Å². The molecule has 2 saturated heterocycles. The molecule has 4 heterocycles. The first-order chi connectivity index (χ1) is 22.9. The van der Waals surface area contributed by atoms with Crippen LogP contribution in [0.25, 0.3) is 5.65 Å². The van der Waals surface area contributed by atoms with Gasteiger partial charge in [0.2, 0.25) is 0 Å². The number of amides is 1. The van der Waals surface area contributed by atoms with Gasteiger partial charge in [0.05, 0.1) is 30.2 Å². The maximum Gasteiger partial charge on any atom is 0.416 e. The lowest BCUT2D eigenvalue weighted by Gasteiger charge is -2.35. The second-order valence-electron chi connectivity index (χ2n) is 14.7. The van der Waals surface area contributed by atoms with Gasteiger partial charge in [-0.15, -0.1) is 5.10 Å². The second kappa shape index (κ2) is 14.0. The monoisotopic (exact) mass is 688 g/mol. The summed E-state index contributed by atoms with van der Waals surface area (Å²) in [5.74, 6) is -0.300. The van der Waals surface area contributed by atoms with E-state index in [1.165, 1.54) is 13.0 Å². The fourth-order valence-corrected chi connectivity index (χ4v) is 6.36. The molecule has 1 N–H and O–H groups in total. The van der Waals surface area contributed by atoms with Gasteiger partial charge < -0.3 is 29.3 Å². The lowest BCUT2D eigenvalue weighted by molar-refractivity contribution is -0.142. The van der Waals surface area contributed by atoms with E-state index in [0.29, 0.717) is 73.2 Å². The van der Waals surface area contributed by atoms with Gasteiger partial charge in [0.25, 0.3) is 0 Å². The van der Waals surface area contributed by atoms with Crippen LogP contribution in [0.3, 0.4) is 0 Å². The van der Waals surface area contributed by atoms with Crippen molar-refractivity contribution >= 4 is 29.2 Å². The zero-order chi connectivity index (χ0) is 35.7. The van der Waals surface area contributed by atoms with E-state index in [-0.39, 0.29) is 37.2 Å². The number of imidazole rings is 1. The first kappa shape index (κ1) is 36.2. The molecule has 11 nitrogen and oxygen atoms in total. The van der Waals surface area contributed by atoms with Gasteiger partial charge >= 0.3 is 18.2 Å². The van der Waals surface area contributed by atoms with Crippen molar-refractivity contribution in [3.8, 4) is 0 Å². The van der Waals surface area contributed by atoms with E-state index in [1.54, 1.807) is 36.3 Å². The summed E-state index contributed by atoms with van der Waals surface area (Å²) in [5, 5.41) is 8.48. The number of nitrogens with zero attached hydrogens (tertiary/aromatic N) is 5. The van der Waals surface area contributed by atoms with Crippen LogP contribution in [0.5, 0.6) is 0 Å². The number of rotatable bonds is 7. The Morgan fingerprint density at radius 2 is 1.69 bits per heavy atom. The molecule has 268 valence electrons. The Kier molecular flexibility index (Phi) is 10.4. The fourth-order valence-electron chi connectivity index (χ4n) is 6.36. The summed E-state index contributed by atoms with van der Waals surface area (Å²) in [6, 6.07) is 6.17. The van der Waals surface area contributed by atoms with Crippen LogP contribution in [0, 0.1) is 0 Å². The quantitative estimate of drug-likeness (QED) is 0.276. The van der Waals surface area contributed by atoms with Gasteiger partial charge in [0, 0.05) is 51.1 Å². The number of carbonyl (C=O) groups is 2. The predicted molar refractivity (Wildman–Crippen MR) is 179 cm³/mol. The number of piperidine rings is 1. The number of aromatic nitrogens is 3. The Labute approximate surface area is 285 Å². The normalized spacial score (nSPS) is 16.6. The molecule has 0 spiro atoms. The fraction of sp³-hybridized carbons (Fsp3) is 0.600. The molecule has 3 aromatic rings. The Balaban J connectivity index is 1.61. The van der Waals surface area contributed by atoms with Crippen LogP contribution < -0.4 is 10.2 Å². The molecule has 2 aliphatic heterocycles.